The molecule has 0 radical (unpaired) electrons. The van der Waals surface area contributed by atoms with Crippen molar-refractivity contribution >= 4 is 0 Å². The van der Waals surface area contributed by atoms with Crippen LogP contribution in [-0.2, 0) is 0 Å². The van der Waals surface area contributed by atoms with E-state index in [-0.39, 0.29) is 6.04 Å². The lowest BCUT2D eigenvalue weighted by molar-refractivity contribution is -0.0423. The number of nitrogens with two attached hydrogens (primary N) is 1. The van der Waals surface area contributed by atoms with Crippen molar-refractivity contribution in [1.29, 1.82) is 0 Å². The molecule has 0 amide bonds. The van der Waals surface area contributed by atoms with Gasteiger partial charge >= 0.3 is 0 Å². The first kappa shape index (κ1) is 11.8. The summed E-state index contributed by atoms with van der Waals surface area (Å²) in [5, 5.41) is 7.97. The van der Waals surface area contributed by atoms with Gasteiger partial charge in [-0.2, -0.15) is 5.10 Å². The fourth-order valence-electron chi connectivity index (χ4n) is 5.25. The highest BCUT2D eigenvalue weighted by Crippen LogP contribution is 2.57. The van der Waals surface area contributed by atoms with Gasteiger partial charge in [0.05, 0.1) is 12.2 Å². The van der Waals surface area contributed by atoms with Crippen LogP contribution in [0.3, 0.4) is 0 Å². The summed E-state index contributed by atoms with van der Waals surface area (Å²) in [6.45, 7) is 0. The van der Waals surface area contributed by atoms with Gasteiger partial charge in [-0.15, -0.1) is 5.10 Å². The molecule has 4 saturated carbocycles. The average molecular weight is 258 g/mol. The molecule has 1 unspecified atom stereocenters. The van der Waals surface area contributed by atoms with Gasteiger partial charge in [-0.3, -0.25) is 0 Å². The largest absolute Gasteiger partial charge is 0.321 e. The second-order valence-corrected chi connectivity index (χ2v) is 6.94. The molecule has 0 aromatic carbocycles. The minimum Gasteiger partial charge on any atom is -0.321 e. The Balaban J connectivity index is 1.48. The first-order valence-corrected chi connectivity index (χ1v) is 7.68. The average Bonchev–Trinajstić information content (AvgIpc) is 2.43. The van der Waals surface area contributed by atoms with Crippen molar-refractivity contribution in [2.24, 2.45) is 35.3 Å². The van der Waals surface area contributed by atoms with Crippen LogP contribution in [0.1, 0.15) is 50.4 Å². The van der Waals surface area contributed by atoms with Crippen molar-refractivity contribution < 1.29 is 0 Å². The summed E-state index contributed by atoms with van der Waals surface area (Å²) in [4.78, 5) is 4.26. The highest BCUT2D eigenvalue weighted by atomic mass is 15.1. The zero-order valence-corrected chi connectivity index (χ0v) is 11.3. The normalized spacial score (nSPS) is 41.4. The molecule has 1 heterocycles. The van der Waals surface area contributed by atoms with Gasteiger partial charge in [0.15, 0.2) is 5.82 Å². The Bertz CT molecular complexity index is 419. The second-order valence-electron chi connectivity index (χ2n) is 6.94. The summed E-state index contributed by atoms with van der Waals surface area (Å²) in [7, 11) is 0. The maximum atomic E-state index is 6.31. The van der Waals surface area contributed by atoms with E-state index >= 15 is 0 Å². The molecule has 0 aliphatic heterocycles. The molecule has 1 aromatic heterocycles. The SMILES string of the molecule is NC(CC1C2CC3CC(C2)CC1C3)c1nccnn1. The fraction of sp³-hybridized carbons (Fsp3) is 0.800. The van der Waals surface area contributed by atoms with Crippen LogP contribution in [-0.4, -0.2) is 15.2 Å². The van der Waals surface area contributed by atoms with Gasteiger partial charge in [0.1, 0.15) is 0 Å². The summed E-state index contributed by atoms with van der Waals surface area (Å²) in [5.41, 5.74) is 6.31. The number of hydrogen-bond acceptors (Lipinski definition) is 4. The zero-order chi connectivity index (χ0) is 12.8. The molecule has 4 aliphatic rings. The van der Waals surface area contributed by atoms with Gasteiger partial charge in [0.25, 0.3) is 0 Å². The quantitative estimate of drug-likeness (QED) is 0.903. The molecule has 0 spiro atoms. The molecule has 0 saturated heterocycles. The van der Waals surface area contributed by atoms with Gasteiger partial charge in [-0.1, -0.05) is 0 Å². The first-order valence-electron chi connectivity index (χ1n) is 7.68. The molecule has 102 valence electrons. The van der Waals surface area contributed by atoms with Gasteiger partial charge in [0, 0.05) is 6.20 Å². The van der Waals surface area contributed by atoms with Gasteiger partial charge in [-0.25, -0.2) is 4.98 Å². The predicted octanol–water partition coefficient (Wildman–Crippen LogP) is 2.33. The molecule has 1 aromatic rings. The molecular formula is C15H22N4. The number of nitrogens with zero attached hydrogens (tertiary/aromatic N) is 3. The fourth-order valence-corrected chi connectivity index (χ4v) is 5.25. The number of hydrogen-bond donors (Lipinski definition) is 1. The van der Waals surface area contributed by atoms with E-state index in [4.69, 9.17) is 5.73 Å². The van der Waals surface area contributed by atoms with Gasteiger partial charge in [-0.05, 0) is 68.1 Å². The van der Waals surface area contributed by atoms with Crippen molar-refractivity contribution in [3.05, 3.63) is 18.2 Å². The van der Waals surface area contributed by atoms with Crippen LogP contribution < -0.4 is 5.73 Å². The zero-order valence-electron chi connectivity index (χ0n) is 11.3. The minimum absolute atomic E-state index is 0.0313. The lowest BCUT2D eigenvalue weighted by Gasteiger charge is -2.55. The monoisotopic (exact) mass is 258 g/mol. The molecule has 19 heavy (non-hydrogen) atoms. The molecule has 4 fully saturated rings. The van der Waals surface area contributed by atoms with Crippen LogP contribution in [0.25, 0.3) is 0 Å². The van der Waals surface area contributed by atoms with E-state index in [0.29, 0.717) is 0 Å². The number of aromatic nitrogens is 3. The minimum atomic E-state index is -0.0313. The summed E-state index contributed by atoms with van der Waals surface area (Å²) < 4.78 is 0. The third-order valence-electron chi connectivity index (χ3n) is 5.78. The Hall–Kier alpha value is -1.03. The van der Waals surface area contributed by atoms with Crippen molar-refractivity contribution in [1.82, 2.24) is 15.2 Å². The van der Waals surface area contributed by atoms with Crippen molar-refractivity contribution in [3.8, 4) is 0 Å². The lowest BCUT2D eigenvalue weighted by atomic mass is 9.51. The molecule has 4 aliphatic carbocycles. The highest BCUT2D eigenvalue weighted by Gasteiger charge is 2.48. The summed E-state index contributed by atoms with van der Waals surface area (Å²) >= 11 is 0. The Morgan fingerprint density at radius 3 is 2.32 bits per heavy atom. The molecule has 4 nitrogen and oxygen atoms in total. The van der Waals surface area contributed by atoms with Crippen LogP contribution in [0.2, 0.25) is 0 Å². The van der Waals surface area contributed by atoms with E-state index in [1.807, 2.05) is 0 Å². The summed E-state index contributed by atoms with van der Waals surface area (Å²) in [6.07, 6.45) is 11.7. The van der Waals surface area contributed by atoms with Crippen LogP contribution in [0, 0.1) is 29.6 Å². The van der Waals surface area contributed by atoms with Crippen LogP contribution in [0.15, 0.2) is 12.4 Å². The van der Waals surface area contributed by atoms with E-state index in [1.165, 1.54) is 32.1 Å². The third-order valence-corrected chi connectivity index (χ3v) is 5.78. The van der Waals surface area contributed by atoms with E-state index in [9.17, 15) is 0 Å². The van der Waals surface area contributed by atoms with Gasteiger partial charge in [0.2, 0.25) is 0 Å². The first-order chi connectivity index (χ1) is 9.29. The van der Waals surface area contributed by atoms with Crippen molar-refractivity contribution in [2.75, 3.05) is 0 Å². The molecule has 4 heteroatoms. The van der Waals surface area contributed by atoms with Gasteiger partial charge < -0.3 is 5.73 Å². The number of rotatable bonds is 3. The maximum absolute atomic E-state index is 6.31. The van der Waals surface area contributed by atoms with Crippen LogP contribution in [0.5, 0.6) is 0 Å². The van der Waals surface area contributed by atoms with Crippen molar-refractivity contribution in [2.45, 2.75) is 44.6 Å². The van der Waals surface area contributed by atoms with Crippen molar-refractivity contribution in [3.63, 3.8) is 0 Å². The highest BCUT2D eigenvalue weighted by molar-refractivity contribution is 5.01. The lowest BCUT2D eigenvalue weighted by Crippen LogP contribution is -2.45. The molecular weight excluding hydrogens is 236 g/mol. The predicted molar refractivity (Wildman–Crippen MR) is 71.9 cm³/mol. The van der Waals surface area contributed by atoms with E-state index in [0.717, 1.165) is 41.8 Å². The Kier molecular flexibility index (Phi) is 2.79. The van der Waals surface area contributed by atoms with E-state index < -0.39 is 0 Å². The van der Waals surface area contributed by atoms with Crippen LogP contribution in [0.4, 0.5) is 0 Å². The smallest absolute Gasteiger partial charge is 0.167 e. The molecule has 1 atom stereocenters. The maximum Gasteiger partial charge on any atom is 0.167 e. The standard InChI is InChI=1S/C15H22N4/c16-14(15-17-1-2-18-19-15)8-13-11-4-9-3-10(6-11)7-12(13)5-9/h1-2,9-14H,3-8,16H2. The van der Waals surface area contributed by atoms with Crippen LogP contribution >= 0.6 is 0 Å². The summed E-state index contributed by atoms with van der Waals surface area (Å²) in [6, 6.07) is -0.0313. The third kappa shape index (κ3) is 2.06. The Morgan fingerprint density at radius 1 is 1.05 bits per heavy atom. The topological polar surface area (TPSA) is 64.7 Å². The Labute approximate surface area is 114 Å². The van der Waals surface area contributed by atoms with E-state index in [1.54, 1.807) is 12.4 Å². The molecule has 5 rings (SSSR count). The molecule has 4 bridgehead atoms. The molecule has 2 N–H and O–H groups in total. The summed E-state index contributed by atoms with van der Waals surface area (Å²) in [5.74, 6) is 5.45. The Morgan fingerprint density at radius 2 is 1.74 bits per heavy atom. The van der Waals surface area contributed by atoms with E-state index in [2.05, 4.69) is 15.2 Å². The second kappa shape index (κ2) is 4.51.